The third kappa shape index (κ3) is 6.52. The Kier molecular flexibility index (Phi) is 13.3. The predicted octanol–water partition coefficient (Wildman–Crippen LogP) is 3.04. The van der Waals surface area contributed by atoms with Crippen LogP contribution in [-0.2, 0) is 12.8 Å². The fourth-order valence-electron chi connectivity index (χ4n) is 4.98. The summed E-state index contributed by atoms with van der Waals surface area (Å²) in [5, 5.41) is 8.80. The van der Waals surface area contributed by atoms with E-state index in [0.717, 1.165) is 48.8 Å². The molecule has 4 aromatic rings. The van der Waals surface area contributed by atoms with Gasteiger partial charge in [0.15, 0.2) is 5.78 Å². The number of hydrazone groups is 1. The Bertz CT molecular complexity index is 1360. The van der Waals surface area contributed by atoms with Gasteiger partial charge in [0.2, 0.25) is 0 Å². The summed E-state index contributed by atoms with van der Waals surface area (Å²) < 4.78 is 0. The van der Waals surface area contributed by atoms with Crippen molar-refractivity contribution in [3.05, 3.63) is 95.1 Å². The van der Waals surface area contributed by atoms with Crippen molar-refractivity contribution < 1.29 is 68.6 Å². The number of rotatable bonds is 0. The summed E-state index contributed by atoms with van der Waals surface area (Å²) >= 11 is 0. The number of hydrogen-bond donors (Lipinski definition) is 3. The third-order valence-electron chi connectivity index (χ3n) is 6.46. The molecule has 36 heavy (non-hydrogen) atoms. The summed E-state index contributed by atoms with van der Waals surface area (Å²) in [6, 6.07) is 25.2. The molecule has 0 saturated heterocycles. The Balaban J connectivity index is 0.000000597. The third-order valence-corrected chi connectivity index (χ3v) is 6.46. The van der Waals surface area contributed by atoms with Gasteiger partial charge in [-0.05, 0) is 64.8 Å². The first kappa shape index (κ1) is 31.7. The quantitative estimate of drug-likeness (QED) is 0.143. The van der Waals surface area contributed by atoms with Gasteiger partial charge >= 0.3 is 51.4 Å². The van der Waals surface area contributed by atoms with Crippen LogP contribution in [0.1, 0.15) is 54.2 Å². The molecule has 0 fully saturated rings. The van der Waals surface area contributed by atoms with Crippen molar-refractivity contribution in [1.82, 2.24) is 0 Å². The van der Waals surface area contributed by atoms with Gasteiger partial charge in [-0.25, -0.2) is 11.1 Å². The van der Waals surface area contributed by atoms with E-state index in [1.165, 1.54) is 32.8 Å². The fraction of sp³-hybridized carbons (Fsp3) is 0.214. The molecule has 0 aromatic heterocycles. The number of hydrogen-bond acceptors (Lipinski definition) is 6. The molecule has 0 unspecified atom stereocenters. The van der Waals surface area contributed by atoms with Crippen molar-refractivity contribution >= 4 is 33.0 Å². The normalized spacial score (nSPS) is 14.3. The fourth-order valence-corrected chi connectivity index (χ4v) is 4.98. The molecule has 0 radical (unpaired) electrons. The van der Waals surface area contributed by atoms with E-state index in [9.17, 15) is 4.79 Å². The zero-order chi connectivity index (χ0) is 23.2. The van der Waals surface area contributed by atoms with E-state index in [1.807, 2.05) is 12.1 Å². The molecule has 8 heteroatoms. The van der Waals surface area contributed by atoms with E-state index in [4.69, 9.17) is 16.9 Å². The molecule has 7 nitrogen and oxygen atoms in total. The first-order chi connectivity index (χ1) is 16.3. The van der Waals surface area contributed by atoms with E-state index < -0.39 is 0 Å². The molecule has 7 N–H and O–H groups in total. The standard InChI is InChI=1S/C14H14N2.C14H12O.K.H2N2.2H2O.H2/c15-16-13-7-3-5-11-9-8-10-4-1-2-6-12(10)14(11)13;15-13-7-3-5-11-9-8-10-4-1-2-6-12(10)14(11)13;;1-2;;;/h1-2,4,6,8-9H,3,5,7,15H2;1-2,4,6,8-9H,3,5,7H2;;1-2H;2*1H2;1H/q;;+1;;;;/p-1/b16-13-;;;;;;. The van der Waals surface area contributed by atoms with Gasteiger partial charge in [0.05, 0.1) is 5.71 Å². The maximum Gasteiger partial charge on any atom is 1.00 e. The summed E-state index contributed by atoms with van der Waals surface area (Å²) in [7, 11) is 0. The molecule has 184 valence electrons. The smallest absolute Gasteiger partial charge is 0.870 e. The number of aryl methyl sites for hydroxylation is 2. The molecule has 0 saturated carbocycles. The second kappa shape index (κ2) is 15.1. The molecule has 6 rings (SSSR count). The van der Waals surface area contributed by atoms with Crippen LogP contribution in [0.2, 0.25) is 0 Å². The summed E-state index contributed by atoms with van der Waals surface area (Å²) in [4.78, 5) is 11.9. The number of fused-ring (bicyclic) bond motifs is 6. The van der Waals surface area contributed by atoms with Crippen LogP contribution >= 0.6 is 0 Å². The van der Waals surface area contributed by atoms with Crippen LogP contribution in [0.5, 0.6) is 0 Å². The minimum atomic E-state index is 0. The molecule has 0 amide bonds. The van der Waals surface area contributed by atoms with Crippen molar-refractivity contribution in [3.63, 3.8) is 0 Å². The average Bonchev–Trinajstić information content (AvgIpc) is 2.89. The Morgan fingerprint density at radius 3 is 1.72 bits per heavy atom. The molecule has 0 bridgehead atoms. The van der Waals surface area contributed by atoms with E-state index in [1.54, 1.807) is 0 Å². The maximum absolute atomic E-state index is 11.9. The molecule has 2 aliphatic carbocycles. The first-order valence-corrected chi connectivity index (χ1v) is 11.3. The predicted molar refractivity (Wildman–Crippen MR) is 142 cm³/mol. The first-order valence-electron chi connectivity index (χ1n) is 11.3. The molecule has 0 spiro atoms. The number of nitrogens with one attached hydrogen (secondary N) is 2. The van der Waals surface area contributed by atoms with E-state index in [-0.39, 0.29) is 63.8 Å². The van der Waals surface area contributed by atoms with E-state index in [2.05, 4.69) is 65.8 Å². The van der Waals surface area contributed by atoms with Crippen LogP contribution in [-0.4, -0.2) is 22.4 Å². The molecular formula is C28H33KN4O3. The van der Waals surface area contributed by atoms with Crippen LogP contribution in [0.3, 0.4) is 0 Å². The Morgan fingerprint density at radius 1 is 0.694 bits per heavy atom. The molecule has 4 aromatic carbocycles. The van der Waals surface area contributed by atoms with Gasteiger partial charge in [0, 0.05) is 19.0 Å². The average molecular weight is 513 g/mol. The second-order valence-electron chi connectivity index (χ2n) is 8.35. The van der Waals surface area contributed by atoms with Gasteiger partial charge < -0.3 is 16.8 Å². The topological polar surface area (TPSA) is 165 Å². The largest absolute Gasteiger partial charge is 1.00 e. The van der Waals surface area contributed by atoms with Crippen LogP contribution in [0, 0.1) is 11.1 Å². The molecule has 2 aliphatic rings. The van der Waals surface area contributed by atoms with E-state index >= 15 is 0 Å². The summed E-state index contributed by atoms with van der Waals surface area (Å²) in [6.45, 7) is 0. The van der Waals surface area contributed by atoms with Crippen LogP contribution in [0.4, 0.5) is 0 Å². The maximum atomic E-state index is 11.9. The number of nitrogens with zero attached hydrogens (tertiary/aromatic N) is 1. The minimum Gasteiger partial charge on any atom is -0.870 e. The zero-order valence-electron chi connectivity index (χ0n) is 20.6. The molecule has 0 atom stereocenters. The molecular weight excluding hydrogens is 479 g/mol. The number of ketones is 1. The second-order valence-corrected chi connectivity index (χ2v) is 8.35. The van der Waals surface area contributed by atoms with Crippen molar-refractivity contribution in [1.29, 1.82) is 11.1 Å². The molecule has 0 aliphatic heterocycles. The van der Waals surface area contributed by atoms with Crippen LogP contribution in [0.25, 0.3) is 21.5 Å². The summed E-state index contributed by atoms with van der Waals surface area (Å²) in [5.74, 6) is 5.81. The van der Waals surface area contributed by atoms with Crippen LogP contribution in [0.15, 0.2) is 77.9 Å². The Hall–Kier alpha value is -2.30. The van der Waals surface area contributed by atoms with Gasteiger partial charge in [0.1, 0.15) is 0 Å². The number of carbonyl (C=O) groups is 1. The van der Waals surface area contributed by atoms with Gasteiger partial charge in [-0.1, -0.05) is 72.8 Å². The van der Waals surface area contributed by atoms with Crippen LogP contribution < -0.4 is 57.2 Å². The van der Waals surface area contributed by atoms with Gasteiger partial charge in [0.25, 0.3) is 0 Å². The number of Topliss-reactive ketones (excluding diaryl/α,β-unsaturated/α-hetero) is 1. The Morgan fingerprint density at radius 2 is 1.17 bits per heavy atom. The van der Waals surface area contributed by atoms with E-state index in [0.29, 0.717) is 12.2 Å². The number of benzene rings is 4. The molecule has 0 heterocycles. The van der Waals surface area contributed by atoms with Crippen molar-refractivity contribution in [2.75, 3.05) is 0 Å². The van der Waals surface area contributed by atoms with Crippen molar-refractivity contribution in [2.45, 2.75) is 38.5 Å². The monoisotopic (exact) mass is 512 g/mol. The van der Waals surface area contributed by atoms with Gasteiger partial charge in [-0.2, -0.15) is 5.10 Å². The Labute approximate surface area is 255 Å². The van der Waals surface area contributed by atoms with Crippen molar-refractivity contribution in [3.8, 4) is 0 Å². The number of nitrogens with two attached hydrogens (primary N) is 1. The van der Waals surface area contributed by atoms with Crippen molar-refractivity contribution in [2.24, 2.45) is 10.9 Å². The number of carbonyl (C=O) groups excluding carboxylic acids is 1. The van der Waals surface area contributed by atoms with Gasteiger partial charge in [-0.15, -0.1) is 0 Å². The van der Waals surface area contributed by atoms with Gasteiger partial charge in [-0.3, -0.25) is 4.79 Å². The summed E-state index contributed by atoms with van der Waals surface area (Å²) in [6.07, 6.45) is 6.05. The zero-order valence-corrected chi connectivity index (χ0v) is 23.7. The minimum absolute atomic E-state index is 0. The SMILES string of the molecule is N/N=C1/CCCc2ccc3ccccc3c21.N=N.O.O=C1CCCc2ccc3ccccc3c21.[HH].[K+].[OH-]. The summed E-state index contributed by atoms with van der Waals surface area (Å²) in [5.41, 5.74) is 15.9.